The first-order chi connectivity index (χ1) is 11.1. The summed E-state index contributed by atoms with van der Waals surface area (Å²) in [5.41, 5.74) is 0.122. The zero-order chi connectivity index (χ0) is 17.1. The molecular weight excluding hydrogens is 318 g/mol. The third-order valence-electron chi connectivity index (χ3n) is 2.92. The van der Waals surface area contributed by atoms with Gasteiger partial charge in [0.05, 0.1) is 7.11 Å². The number of nitrogens with zero attached hydrogens (tertiary/aromatic N) is 2. The van der Waals surface area contributed by atoms with E-state index in [-0.39, 0.29) is 17.7 Å². The van der Waals surface area contributed by atoms with Crippen molar-refractivity contribution in [2.24, 2.45) is 0 Å². The van der Waals surface area contributed by atoms with E-state index >= 15 is 0 Å². The molecule has 1 heterocycles. The van der Waals surface area contributed by atoms with Gasteiger partial charge in [-0.1, -0.05) is 0 Å². The Hall–Kier alpha value is -1.60. The van der Waals surface area contributed by atoms with Crippen molar-refractivity contribution in [2.45, 2.75) is 33.2 Å². The minimum Gasteiger partial charge on any atom is -0.466 e. The summed E-state index contributed by atoms with van der Waals surface area (Å²) in [5, 5.41) is 11.9. The van der Waals surface area contributed by atoms with Crippen molar-refractivity contribution in [3.05, 3.63) is 5.69 Å². The molecule has 23 heavy (non-hydrogen) atoms. The Morgan fingerprint density at radius 2 is 1.78 bits per heavy atom. The number of oxazole rings is 1. The van der Waals surface area contributed by atoms with E-state index in [1.165, 1.54) is 7.11 Å². The Morgan fingerprint density at radius 1 is 1.17 bits per heavy atom. The largest absolute Gasteiger partial charge is 0.500 e. The van der Waals surface area contributed by atoms with Crippen molar-refractivity contribution in [1.29, 1.82) is 5.26 Å². The van der Waals surface area contributed by atoms with Gasteiger partial charge < -0.3 is 27.7 Å². The van der Waals surface area contributed by atoms with Gasteiger partial charge in [-0.2, -0.15) is 10.2 Å². The van der Waals surface area contributed by atoms with Gasteiger partial charge in [0.2, 0.25) is 5.69 Å². The second kappa shape index (κ2) is 10.2. The molecule has 0 radical (unpaired) electrons. The predicted molar refractivity (Wildman–Crippen MR) is 86.3 cm³/mol. The highest BCUT2D eigenvalue weighted by molar-refractivity contribution is 6.60. The lowest BCUT2D eigenvalue weighted by molar-refractivity contribution is 0.0710. The maximum atomic E-state index is 8.89. The van der Waals surface area contributed by atoms with Crippen molar-refractivity contribution in [3.63, 3.8) is 0 Å². The van der Waals surface area contributed by atoms with Crippen LogP contribution in [0, 0.1) is 11.3 Å². The fraction of sp³-hybridized carbons (Fsp3) is 0.714. The monoisotopic (exact) mass is 343 g/mol. The van der Waals surface area contributed by atoms with Crippen molar-refractivity contribution in [2.75, 3.05) is 38.8 Å². The summed E-state index contributed by atoms with van der Waals surface area (Å²) in [5.74, 6) is 0.108. The Balaban J connectivity index is 2.53. The molecule has 1 aromatic heterocycles. The summed E-state index contributed by atoms with van der Waals surface area (Å²) in [6.45, 7) is 8.06. The van der Waals surface area contributed by atoms with E-state index in [4.69, 9.17) is 27.7 Å². The second-order valence-electron chi connectivity index (χ2n) is 4.48. The lowest BCUT2D eigenvalue weighted by atomic mass is 10.5. The zero-order valence-corrected chi connectivity index (χ0v) is 15.2. The first-order valence-electron chi connectivity index (χ1n) is 7.75. The van der Waals surface area contributed by atoms with Crippen molar-refractivity contribution in [1.82, 2.24) is 4.98 Å². The van der Waals surface area contributed by atoms with E-state index < -0.39 is 8.80 Å². The molecule has 8 nitrogen and oxygen atoms in total. The van der Waals surface area contributed by atoms with Crippen LogP contribution in [0.3, 0.4) is 0 Å². The summed E-state index contributed by atoms with van der Waals surface area (Å²) < 4.78 is 27.6. The van der Waals surface area contributed by atoms with Gasteiger partial charge in [0, 0.05) is 32.4 Å². The van der Waals surface area contributed by atoms with Crippen LogP contribution in [-0.4, -0.2) is 47.3 Å². The molecule has 0 aliphatic carbocycles. The number of anilines is 1. The minimum absolute atomic E-state index is 0.108. The van der Waals surface area contributed by atoms with Gasteiger partial charge in [0.25, 0.3) is 6.01 Å². The predicted octanol–water partition coefficient (Wildman–Crippen LogP) is 2.41. The maximum Gasteiger partial charge on any atom is 0.500 e. The number of aromatic nitrogens is 1. The normalized spacial score (nSPS) is 11.3. The Kier molecular flexibility index (Phi) is 8.64. The third-order valence-corrected chi connectivity index (χ3v) is 6.07. The standard InChI is InChI=1S/C14H25N3O5Si/c1-5-19-23(20-6-2,21-7-3)10-8-9-16-14-17-12(11-15)13(18-4)22-14/h5-10H2,1-4H3,(H,16,17). The molecule has 1 rings (SSSR count). The molecule has 0 aromatic carbocycles. The van der Waals surface area contributed by atoms with E-state index in [2.05, 4.69) is 10.3 Å². The lowest BCUT2D eigenvalue weighted by Crippen LogP contribution is -2.46. The smallest absolute Gasteiger partial charge is 0.466 e. The van der Waals surface area contributed by atoms with Crippen LogP contribution in [0.5, 0.6) is 5.95 Å². The highest BCUT2D eigenvalue weighted by Crippen LogP contribution is 2.22. The third kappa shape index (κ3) is 5.83. The van der Waals surface area contributed by atoms with Gasteiger partial charge in [-0.25, -0.2) is 0 Å². The molecule has 0 aliphatic rings. The highest BCUT2D eigenvalue weighted by atomic mass is 28.4. The van der Waals surface area contributed by atoms with Crippen molar-refractivity contribution in [3.8, 4) is 12.0 Å². The van der Waals surface area contributed by atoms with Gasteiger partial charge in [-0.15, -0.1) is 0 Å². The molecule has 0 saturated carbocycles. The second-order valence-corrected chi connectivity index (χ2v) is 7.22. The van der Waals surface area contributed by atoms with Crippen LogP contribution >= 0.6 is 0 Å². The molecule has 1 aromatic rings. The number of nitrogens with one attached hydrogen (secondary N) is 1. The van der Waals surface area contributed by atoms with Gasteiger partial charge in [-0.05, 0) is 27.2 Å². The molecule has 0 spiro atoms. The topological polar surface area (TPSA) is 98.8 Å². The van der Waals surface area contributed by atoms with Gasteiger partial charge in [-0.3, -0.25) is 0 Å². The van der Waals surface area contributed by atoms with Crippen LogP contribution in [-0.2, 0) is 13.3 Å². The van der Waals surface area contributed by atoms with E-state index in [1.807, 2.05) is 26.8 Å². The number of hydrogen-bond acceptors (Lipinski definition) is 8. The lowest BCUT2D eigenvalue weighted by Gasteiger charge is -2.28. The molecule has 1 N–H and O–H groups in total. The summed E-state index contributed by atoms with van der Waals surface area (Å²) in [6.07, 6.45) is 0.763. The first kappa shape index (κ1) is 19.4. The van der Waals surface area contributed by atoms with Gasteiger partial charge in [0.1, 0.15) is 6.07 Å². The molecule has 130 valence electrons. The van der Waals surface area contributed by atoms with Crippen LogP contribution in [0.2, 0.25) is 6.04 Å². The van der Waals surface area contributed by atoms with Crippen LogP contribution < -0.4 is 10.1 Å². The summed E-state index contributed by atoms with van der Waals surface area (Å²) >= 11 is 0. The fourth-order valence-electron chi connectivity index (χ4n) is 2.09. The van der Waals surface area contributed by atoms with Crippen molar-refractivity contribution >= 4 is 14.8 Å². The maximum absolute atomic E-state index is 8.89. The SMILES string of the molecule is CCO[Si](CCCNc1nc(C#N)c(OC)o1)(OCC)OCC. The Labute approximate surface area is 138 Å². The quantitative estimate of drug-likeness (QED) is 0.456. The van der Waals surface area contributed by atoms with E-state index in [9.17, 15) is 0 Å². The van der Waals surface area contributed by atoms with Crippen LogP contribution in [0.25, 0.3) is 0 Å². The zero-order valence-electron chi connectivity index (χ0n) is 14.2. The first-order valence-corrected chi connectivity index (χ1v) is 9.68. The number of ether oxygens (including phenoxy) is 1. The highest BCUT2D eigenvalue weighted by Gasteiger charge is 2.39. The van der Waals surface area contributed by atoms with E-state index in [0.29, 0.717) is 32.4 Å². The molecule has 0 unspecified atom stereocenters. The molecule has 0 aliphatic heterocycles. The van der Waals surface area contributed by atoms with Crippen LogP contribution in [0.15, 0.2) is 4.42 Å². The van der Waals surface area contributed by atoms with Crippen molar-refractivity contribution < 1.29 is 22.4 Å². The number of methoxy groups -OCH3 is 1. The number of nitriles is 1. The minimum atomic E-state index is -2.62. The molecule has 9 heteroatoms. The average Bonchev–Trinajstić information content (AvgIpc) is 2.95. The molecule has 0 saturated heterocycles. The van der Waals surface area contributed by atoms with E-state index in [0.717, 1.165) is 6.42 Å². The molecule has 0 bridgehead atoms. The van der Waals surface area contributed by atoms with Gasteiger partial charge in [0.15, 0.2) is 0 Å². The number of rotatable bonds is 12. The summed E-state index contributed by atoms with van der Waals surface area (Å²) in [4.78, 5) is 4.00. The fourth-order valence-corrected chi connectivity index (χ4v) is 4.70. The summed E-state index contributed by atoms with van der Waals surface area (Å²) in [7, 11) is -1.19. The van der Waals surface area contributed by atoms with Crippen LogP contribution in [0.4, 0.5) is 6.01 Å². The van der Waals surface area contributed by atoms with E-state index in [1.54, 1.807) is 0 Å². The molecule has 0 atom stereocenters. The van der Waals surface area contributed by atoms with Gasteiger partial charge >= 0.3 is 14.8 Å². The average molecular weight is 343 g/mol. The number of hydrogen-bond donors (Lipinski definition) is 1. The molecule has 0 amide bonds. The Morgan fingerprint density at radius 3 is 2.22 bits per heavy atom. The molecule has 0 fully saturated rings. The van der Waals surface area contributed by atoms with Crippen LogP contribution in [0.1, 0.15) is 32.9 Å². The Bertz CT molecular complexity index is 486. The summed E-state index contributed by atoms with van der Waals surface area (Å²) in [6, 6.07) is 2.86. The molecular formula is C14H25N3O5Si.